The van der Waals surface area contributed by atoms with Crippen molar-refractivity contribution in [2.24, 2.45) is 0 Å². The molecule has 1 amide bonds. The number of aromatic nitrogens is 2. The molecule has 0 saturated heterocycles. The molecule has 7 heteroatoms. The maximum absolute atomic E-state index is 11.9. The normalized spacial score (nSPS) is 10.3. The second-order valence-corrected chi connectivity index (χ2v) is 6.29. The molecule has 0 unspecified atom stereocenters. The molecule has 3 aromatic rings. The number of carbonyl (C=O) groups is 1. The molecule has 29 heavy (non-hydrogen) atoms. The minimum absolute atomic E-state index is 0.0851. The number of amides is 1. The average molecular weight is 393 g/mol. The van der Waals surface area contributed by atoms with Gasteiger partial charge in [-0.3, -0.25) is 4.79 Å². The predicted molar refractivity (Wildman–Crippen MR) is 109 cm³/mol. The number of nitrogens with zero attached hydrogens (tertiary/aromatic N) is 2. The van der Waals surface area contributed by atoms with Gasteiger partial charge in [-0.2, -0.15) is 0 Å². The summed E-state index contributed by atoms with van der Waals surface area (Å²) in [6.45, 7) is 2.57. The van der Waals surface area contributed by atoms with Crippen LogP contribution < -0.4 is 19.5 Å². The summed E-state index contributed by atoms with van der Waals surface area (Å²) in [5.41, 5.74) is 2.97. The number of aryl methyl sites for hydroxylation is 1. The Morgan fingerprint density at radius 3 is 2.48 bits per heavy atom. The van der Waals surface area contributed by atoms with E-state index in [2.05, 4.69) is 15.5 Å². The van der Waals surface area contributed by atoms with Crippen molar-refractivity contribution < 1.29 is 19.0 Å². The van der Waals surface area contributed by atoms with Crippen LogP contribution in [0.15, 0.2) is 60.7 Å². The predicted octanol–water partition coefficient (Wildman–Crippen LogP) is 3.03. The van der Waals surface area contributed by atoms with E-state index in [1.54, 1.807) is 37.4 Å². The number of benzene rings is 2. The summed E-state index contributed by atoms with van der Waals surface area (Å²) in [5, 5.41) is 11.0. The summed E-state index contributed by atoms with van der Waals surface area (Å²) < 4.78 is 16.1. The smallest absolute Gasteiger partial charge is 0.258 e. The Hall–Kier alpha value is -3.61. The second-order valence-electron chi connectivity index (χ2n) is 6.29. The molecule has 2 aromatic carbocycles. The van der Waals surface area contributed by atoms with E-state index in [4.69, 9.17) is 14.2 Å². The van der Waals surface area contributed by atoms with Crippen LogP contribution in [0.2, 0.25) is 0 Å². The highest BCUT2D eigenvalue weighted by Gasteiger charge is 2.05. The van der Waals surface area contributed by atoms with E-state index in [1.165, 1.54) is 5.56 Å². The van der Waals surface area contributed by atoms with Crippen molar-refractivity contribution in [3.05, 3.63) is 66.2 Å². The van der Waals surface area contributed by atoms with Crippen LogP contribution in [0.3, 0.4) is 0 Å². The second kappa shape index (κ2) is 10.1. The molecule has 1 aromatic heterocycles. The molecule has 0 saturated carbocycles. The van der Waals surface area contributed by atoms with Crippen molar-refractivity contribution in [2.75, 3.05) is 26.9 Å². The molecule has 7 nitrogen and oxygen atoms in total. The molecule has 0 bridgehead atoms. The van der Waals surface area contributed by atoms with Crippen LogP contribution in [0.4, 0.5) is 0 Å². The van der Waals surface area contributed by atoms with E-state index in [-0.39, 0.29) is 19.1 Å². The van der Waals surface area contributed by atoms with Crippen molar-refractivity contribution >= 4 is 5.91 Å². The average Bonchev–Trinajstić information content (AvgIpc) is 2.76. The van der Waals surface area contributed by atoms with Gasteiger partial charge in [-0.15, -0.1) is 10.2 Å². The van der Waals surface area contributed by atoms with Crippen LogP contribution in [0.25, 0.3) is 11.3 Å². The Bertz CT molecular complexity index is 928. The lowest BCUT2D eigenvalue weighted by Gasteiger charge is -2.09. The SMILES string of the molecule is COc1cccc(OCC(=O)NCCOc2ccc(-c3ccc(C)cc3)nn2)c1. The van der Waals surface area contributed by atoms with Gasteiger partial charge in [0, 0.05) is 17.7 Å². The van der Waals surface area contributed by atoms with E-state index in [9.17, 15) is 4.79 Å². The van der Waals surface area contributed by atoms with Crippen LogP contribution in [0.5, 0.6) is 17.4 Å². The van der Waals surface area contributed by atoms with Crippen LogP contribution in [-0.2, 0) is 4.79 Å². The van der Waals surface area contributed by atoms with Crippen molar-refractivity contribution in [1.29, 1.82) is 0 Å². The van der Waals surface area contributed by atoms with E-state index < -0.39 is 0 Å². The van der Waals surface area contributed by atoms with Crippen molar-refractivity contribution in [3.63, 3.8) is 0 Å². The van der Waals surface area contributed by atoms with Gasteiger partial charge in [0.25, 0.3) is 5.91 Å². The van der Waals surface area contributed by atoms with Gasteiger partial charge < -0.3 is 19.5 Å². The van der Waals surface area contributed by atoms with Crippen LogP contribution in [-0.4, -0.2) is 43.0 Å². The standard InChI is InChI=1S/C22H23N3O4/c1-16-6-8-17(9-7-16)20-10-11-22(25-24-20)28-13-12-23-21(26)15-29-19-5-3-4-18(14-19)27-2/h3-11,14H,12-13,15H2,1-2H3,(H,23,26). The molecular formula is C22H23N3O4. The van der Waals surface area contributed by atoms with Crippen molar-refractivity contribution in [3.8, 4) is 28.6 Å². The number of nitrogens with one attached hydrogen (secondary N) is 1. The fourth-order valence-electron chi connectivity index (χ4n) is 2.51. The van der Waals surface area contributed by atoms with Gasteiger partial charge >= 0.3 is 0 Å². The van der Waals surface area contributed by atoms with E-state index >= 15 is 0 Å². The summed E-state index contributed by atoms with van der Waals surface area (Å²) in [4.78, 5) is 11.9. The molecule has 0 atom stereocenters. The monoisotopic (exact) mass is 393 g/mol. The van der Waals surface area contributed by atoms with Gasteiger partial charge in [0.2, 0.25) is 5.88 Å². The zero-order chi connectivity index (χ0) is 20.5. The quantitative estimate of drug-likeness (QED) is 0.563. The Morgan fingerprint density at radius 2 is 1.76 bits per heavy atom. The maximum Gasteiger partial charge on any atom is 0.258 e. The van der Waals surface area contributed by atoms with Gasteiger partial charge in [0.1, 0.15) is 18.1 Å². The largest absolute Gasteiger partial charge is 0.497 e. The van der Waals surface area contributed by atoms with Gasteiger partial charge in [0.15, 0.2) is 6.61 Å². The highest BCUT2D eigenvalue weighted by molar-refractivity contribution is 5.77. The lowest BCUT2D eigenvalue weighted by atomic mass is 10.1. The molecule has 0 aliphatic rings. The van der Waals surface area contributed by atoms with Crippen LogP contribution >= 0.6 is 0 Å². The lowest BCUT2D eigenvalue weighted by Crippen LogP contribution is -2.32. The molecule has 1 N–H and O–H groups in total. The Morgan fingerprint density at radius 1 is 0.966 bits per heavy atom. The topological polar surface area (TPSA) is 82.6 Å². The summed E-state index contributed by atoms with van der Waals surface area (Å²) in [6, 6.07) is 18.8. The van der Waals surface area contributed by atoms with E-state index in [0.29, 0.717) is 23.9 Å². The Labute approximate surface area is 169 Å². The summed E-state index contributed by atoms with van der Waals surface area (Å²) in [5.74, 6) is 1.41. The van der Waals surface area contributed by atoms with E-state index in [0.717, 1.165) is 11.3 Å². The third kappa shape index (κ3) is 6.21. The first-order chi connectivity index (χ1) is 14.1. The maximum atomic E-state index is 11.9. The molecule has 0 aliphatic carbocycles. The molecule has 0 fully saturated rings. The van der Waals surface area contributed by atoms with Gasteiger partial charge in [-0.25, -0.2) is 0 Å². The van der Waals surface area contributed by atoms with Gasteiger partial charge in [-0.1, -0.05) is 35.9 Å². The minimum Gasteiger partial charge on any atom is -0.497 e. The number of hydrogen-bond acceptors (Lipinski definition) is 6. The van der Waals surface area contributed by atoms with Crippen LogP contribution in [0.1, 0.15) is 5.56 Å². The first-order valence-corrected chi connectivity index (χ1v) is 9.21. The Balaban J connectivity index is 1.37. The minimum atomic E-state index is -0.239. The highest BCUT2D eigenvalue weighted by atomic mass is 16.5. The summed E-state index contributed by atoms with van der Waals surface area (Å²) in [7, 11) is 1.58. The molecule has 0 spiro atoms. The van der Waals surface area contributed by atoms with Crippen molar-refractivity contribution in [1.82, 2.24) is 15.5 Å². The lowest BCUT2D eigenvalue weighted by molar-refractivity contribution is -0.123. The molecular weight excluding hydrogens is 370 g/mol. The molecule has 3 rings (SSSR count). The molecule has 1 heterocycles. The first kappa shape index (κ1) is 20.1. The number of carbonyl (C=O) groups excluding carboxylic acids is 1. The zero-order valence-electron chi connectivity index (χ0n) is 16.4. The fraction of sp³-hybridized carbons (Fsp3) is 0.227. The van der Waals surface area contributed by atoms with Gasteiger partial charge in [0.05, 0.1) is 19.3 Å². The third-order valence-electron chi connectivity index (χ3n) is 4.07. The van der Waals surface area contributed by atoms with Gasteiger partial charge in [-0.05, 0) is 25.1 Å². The number of methoxy groups -OCH3 is 1. The third-order valence-corrected chi connectivity index (χ3v) is 4.07. The molecule has 150 valence electrons. The summed E-state index contributed by atoms with van der Waals surface area (Å²) >= 11 is 0. The number of rotatable bonds is 9. The Kier molecular flexibility index (Phi) is 7.00. The zero-order valence-corrected chi connectivity index (χ0v) is 16.4. The number of hydrogen-bond donors (Lipinski definition) is 1. The number of ether oxygens (including phenoxy) is 3. The van der Waals surface area contributed by atoms with Crippen molar-refractivity contribution in [2.45, 2.75) is 6.92 Å². The molecule has 0 radical (unpaired) electrons. The highest BCUT2D eigenvalue weighted by Crippen LogP contribution is 2.19. The fourth-order valence-corrected chi connectivity index (χ4v) is 2.51. The first-order valence-electron chi connectivity index (χ1n) is 9.21. The molecule has 0 aliphatic heterocycles. The van der Waals surface area contributed by atoms with Crippen LogP contribution in [0, 0.1) is 6.92 Å². The summed E-state index contributed by atoms with van der Waals surface area (Å²) in [6.07, 6.45) is 0. The van der Waals surface area contributed by atoms with E-state index in [1.807, 2.05) is 37.3 Å².